The van der Waals surface area contributed by atoms with Crippen molar-refractivity contribution in [2.24, 2.45) is 7.05 Å². The van der Waals surface area contributed by atoms with Gasteiger partial charge in [0.05, 0.1) is 30.4 Å². The average molecular weight is 245 g/mol. The predicted octanol–water partition coefficient (Wildman–Crippen LogP) is 0.770. The number of morpholine rings is 1. The van der Waals surface area contributed by atoms with Gasteiger partial charge < -0.3 is 14.2 Å². The first-order valence-corrected chi connectivity index (χ1v) is 6.04. The largest absolute Gasteiger partial charge is 0.378 e. The minimum atomic E-state index is -0.00599. The standard InChI is InChI=1S/C13H15N3O2/c1-15-9-14-12-8-10(2-3-11(12)13(15)17)16-4-6-18-7-5-16/h2-3,8-9H,4-7H2,1H3. The molecule has 0 spiro atoms. The van der Waals surface area contributed by atoms with Crippen molar-refractivity contribution in [3.05, 3.63) is 34.9 Å². The van der Waals surface area contributed by atoms with Crippen LogP contribution in [0.15, 0.2) is 29.3 Å². The average Bonchev–Trinajstić information content (AvgIpc) is 2.44. The quantitative estimate of drug-likeness (QED) is 0.744. The van der Waals surface area contributed by atoms with Gasteiger partial charge in [-0.1, -0.05) is 0 Å². The highest BCUT2D eigenvalue weighted by molar-refractivity contribution is 5.81. The van der Waals surface area contributed by atoms with Crippen LogP contribution in [-0.2, 0) is 11.8 Å². The van der Waals surface area contributed by atoms with Gasteiger partial charge in [0.2, 0.25) is 0 Å². The van der Waals surface area contributed by atoms with Crippen LogP contribution in [-0.4, -0.2) is 35.9 Å². The van der Waals surface area contributed by atoms with E-state index in [-0.39, 0.29) is 5.56 Å². The number of nitrogens with zero attached hydrogens (tertiary/aromatic N) is 3. The van der Waals surface area contributed by atoms with Crippen molar-refractivity contribution in [2.75, 3.05) is 31.2 Å². The Kier molecular flexibility index (Phi) is 2.76. The number of benzene rings is 1. The van der Waals surface area contributed by atoms with Gasteiger partial charge in [0.15, 0.2) is 0 Å². The number of aryl methyl sites for hydroxylation is 1. The number of hydrogen-bond donors (Lipinski definition) is 0. The molecule has 18 heavy (non-hydrogen) atoms. The van der Waals surface area contributed by atoms with E-state index in [1.807, 2.05) is 18.2 Å². The second-order valence-corrected chi connectivity index (χ2v) is 4.46. The van der Waals surface area contributed by atoms with E-state index >= 15 is 0 Å². The van der Waals surface area contributed by atoms with Crippen molar-refractivity contribution in [3.8, 4) is 0 Å². The lowest BCUT2D eigenvalue weighted by Crippen LogP contribution is -2.36. The van der Waals surface area contributed by atoms with Gasteiger partial charge in [0.25, 0.3) is 5.56 Å². The second kappa shape index (κ2) is 4.42. The zero-order valence-corrected chi connectivity index (χ0v) is 10.3. The molecule has 1 aromatic heterocycles. The van der Waals surface area contributed by atoms with Gasteiger partial charge in [0.1, 0.15) is 0 Å². The molecule has 1 fully saturated rings. The molecule has 0 saturated carbocycles. The molecule has 1 aliphatic heterocycles. The predicted molar refractivity (Wildman–Crippen MR) is 70.0 cm³/mol. The second-order valence-electron chi connectivity index (χ2n) is 4.46. The highest BCUT2D eigenvalue weighted by atomic mass is 16.5. The Morgan fingerprint density at radius 2 is 2.06 bits per heavy atom. The molecule has 0 atom stereocenters. The number of rotatable bonds is 1. The Labute approximate surface area is 105 Å². The van der Waals surface area contributed by atoms with Crippen LogP contribution in [0.4, 0.5) is 5.69 Å². The third kappa shape index (κ3) is 1.86. The molecule has 2 heterocycles. The topological polar surface area (TPSA) is 47.4 Å². The van der Waals surface area contributed by atoms with Gasteiger partial charge in [-0.2, -0.15) is 0 Å². The zero-order valence-electron chi connectivity index (χ0n) is 10.3. The minimum Gasteiger partial charge on any atom is -0.378 e. The van der Waals surface area contributed by atoms with E-state index in [9.17, 15) is 4.79 Å². The first kappa shape index (κ1) is 11.2. The number of anilines is 1. The molecule has 1 aliphatic rings. The summed E-state index contributed by atoms with van der Waals surface area (Å²) < 4.78 is 6.83. The van der Waals surface area contributed by atoms with E-state index in [1.54, 1.807) is 13.4 Å². The third-order valence-corrected chi connectivity index (χ3v) is 3.28. The summed E-state index contributed by atoms with van der Waals surface area (Å²) in [5, 5.41) is 0.664. The Bertz CT molecular complexity index is 630. The van der Waals surface area contributed by atoms with Gasteiger partial charge in [-0.25, -0.2) is 4.98 Å². The first-order chi connectivity index (χ1) is 8.75. The molecule has 2 aromatic rings. The monoisotopic (exact) mass is 245 g/mol. The van der Waals surface area contributed by atoms with E-state index in [1.165, 1.54) is 4.57 Å². The van der Waals surface area contributed by atoms with E-state index in [0.717, 1.165) is 37.5 Å². The van der Waals surface area contributed by atoms with Crippen molar-refractivity contribution in [1.82, 2.24) is 9.55 Å². The fourth-order valence-corrected chi connectivity index (χ4v) is 2.22. The highest BCUT2D eigenvalue weighted by Crippen LogP contribution is 2.19. The Balaban J connectivity index is 2.06. The van der Waals surface area contributed by atoms with Crippen molar-refractivity contribution in [1.29, 1.82) is 0 Å². The lowest BCUT2D eigenvalue weighted by molar-refractivity contribution is 0.122. The summed E-state index contributed by atoms with van der Waals surface area (Å²) in [4.78, 5) is 18.5. The number of aromatic nitrogens is 2. The molecule has 0 unspecified atom stereocenters. The van der Waals surface area contributed by atoms with Crippen LogP contribution in [0.1, 0.15) is 0 Å². The maximum atomic E-state index is 11.9. The van der Waals surface area contributed by atoms with E-state index in [2.05, 4.69) is 9.88 Å². The molecule has 1 aromatic carbocycles. The Morgan fingerprint density at radius 1 is 1.28 bits per heavy atom. The molecule has 5 nitrogen and oxygen atoms in total. The molecule has 0 bridgehead atoms. The van der Waals surface area contributed by atoms with Crippen molar-refractivity contribution >= 4 is 16.6 Å². The molecule has 0 aliphatic carbocycles. The zero-order chi connectivity index (χ0) is 12.5. The molecule has 94 valence electrons. The first-order valence-electron chi connectivity index (χ1n) is 6.04. The molecular formula is C13H15N3O2. The Morgan fingerprint density at radius 3 is 2.83 bits per heavy atom. The molecule has 0 amide bonds. The smallest absolute Gasteiger partial charge is 0.260 e. The van der Waals surface area contributed by atoms with Crippen LogP contribution in [0.25, 0.3) is 10.9 Å². The van der Waals surface area contributed by atoms with Crippen LogP contribution in [0.5, 0.6) is 0 Å². The van der Waals surface area contributed by atoms with E-state index in [0.29, 0.717) is 5.39 Å². The SMILES string of the molecule is Cn1cnc2cc(N3CCOCC3)ccc2c1=O. The maximum absolute atomic E-state index is 11.9. The van der Waals surface area contributed by atoms with E-state index in [4.69, 9.17) is 4.74 Å². The fourth-order valence-electron chi connectivity index (χ4n) is 2.22. The molecule has 3 rings (SSSR count). The highest BCUT2D eigenvalue weighted by Gasteiger charge is 2.12. The molecule has 5 heteroatoms. The van der Waals surface area contributed by atoms with Gasteiger partial charge in [0, 0.05) is 25.8 Å². The van der Waals surface area contributed by atoms with Gasteiger partial charge in [-0.3, -0.25) is 4.79 Å². The van der Waals surface area contributed by atoms with Gasteiger partial charge >= 0.3 is 0 Å². The summed E-state index contributed by atoms with van der Waals surface area (Å²) in [5.74, 6) is 0. The number of fused-ring (bicyclic) bond motifs is 1. The summed E-state index contributed by atoms with van der Waals surface area (Å²) in [6, 6.07) is 5.81. The molecule has 0 N–H and O–H groups in total. The number of ether oxygens (including phenoxy) is 1. The normalized spacial score (nSPS) is 16.2. The summed E-state index contributed by atoms with van der Waals surface area (Å²) in [6.07, 6.45) is 1.56. The summed E-state index contributed by atoms with van der Waals surface area (Å²) in [5.41, 5.74) is 1.85. The van der Waals surface area contributed by atoms with Crippen molar-refractivity contribution in [3.63, 3.8) is 0 Å². The van der Waals surface area contributed by atoms with Crippen molar-refractivity contribution < 1.29 is 4.74 Å². The summed E-state index contributed by atoms with van der Waals surface area (Å²) >= 11 is 0. The third-order valence-electron chi connectivity index (χ3n) is 3.28. The van der Waals surface area contributed by atoms with Crippen LogP contribution in [0.3, 0.4) is 0 Å². The summed E-state index contributed by atoms with van der Waals surface area (Å²) in [6.45, 7) is 3.27. The van der Waals surface area contributed by atoms with Crippen LogP contribution in [0.2, 0.25) is 0 Å². The van der Waals surface area contributed by atoms with Crippen molar-refractivity contribution in [2.45, 2.75) is 0 Å². The van der Waals surface area contributed by atoms with E-state index < -0.39 is 0 Å². The Hall–Kier alpha value is -1.88. The molecule has 0 radical (unpaired) electrons. The molecule has 1 saturated heterocycles. The van der Waals surface area contributed by atoms with Gasteiger partial charge in [-0.05, 0) is 18.2 Å². The van der Waals surface area contributed by atoms with Crippen LogP contribution >= 0.6 is 0 Å². The fraction of sp³-hybridized carbons (Fsp3) is 0.385. The van der Waals surface area contributed by atoms with Gasteiger partial charge in [-0.15, -0.1) is 0 Å². The molecular weight excluding hydrogens is 230 g/mol. The number of hydrogen-bond acceptors (Lipinski definition) is 4. The van der Waals surface area contributed by atoms with Crippen LogP contribution in [0, 0.1) is 0 Å². The lowest BCUT2D eigenvalue weighted by Gasteiger charge is -2.28. The lowest BCUT2D eigenvalue weighted by atomic mass is 10.2. The van der Waals surface area contributed by atoms with Crippen LogP contribution < -0.4 is 10.5 Å². The maximum Gasteiger partial charge on any atom is 0.260 e. The minimum absolute atomic E-state index is 0.00599. The summed E-state index contributed by atoms with van der Waals surface area (Å²) in [7, 11) is 1.71.